The van der Waals surface area contributed by atoms with Crippen LogP contribution in [0.4, 0.5) is 5.69 Å². The number of para-hydroxylation sites is 1. The molecule has 0 atom stereocenters. The minimum Gasteiger partial charge on any atom is -0.381 e. The van der Waals surface area contributed by atoms with Crippen LogP contribution in [0, 0.1) is 0 Å². The van der Waals surface area contributed by atoms with Crippen molar-refractivity contribution in [3.63, 3.8) is 0 Å². The molecule has 1 saturated heterocycles. The minimum atomic E-state index is 0.511. The Balaban J connectivity index is 1.89. The molecular weight excluding hydrogens is 214 g/mol. The standard InChI is InChI=1S/C13H17N3O/c1-16-9-14-13-11(3-2-4-12(13)16)15-10-5-7-17-8-6-10/h2-4,9-10,15H,5-8H2,1H3. The van der Waals surface area contributed by atoms with Gasteiger partial charge in [-0.1, -0.05) is 6.07 Å². The molecular formula is C13H17N3O. The number of nitrogens with one attached hydrogen (secondary N) is 1. The molecule has 1 aliphatic heterocycles. The van der Waals surface area contributed by atoms with Gasteiger partial charge in [-0.05, 0) is 25.0 Å². The number of aryl methyl sites for hydroxylation is 1. The first-order chi connectivity index (χ1) is 8.34. The van der Waals surface area contributed by atoms with Crippen LogP contribution in [0.5, 0.6) is 0 Å². The van der Waals surface area contributed by atoms with Crippen LogP contribution in [-0.4, -0.2) is 28.8 Å². The van der Waals surface area contributed by atoms with Gasteiger partial charge in [0.2, 0.25) is 0 Å². The summed E-state index contributed by atoms with van der Waals surface area (Å²) in [5.74, 6) is 0. The molecule has 0 saturated carbocycles. The van der Waals surface area contributed by atoms with Crippen LogP contribution < -0.4 is 5.32 Å². The van der Waals surface area contributed by atoms with Gasteiger partial charge in [0.05, 0.1) is 17.5 Å². The predicted octanol–water partition coefficient (Wildman–Crippen LogP) is 2.16. The third-order valence-electron chi connectivity index (χ3n) is 3.34. The van der Waals surface area contributed by atoms with Crippen molar-refractivity contribution in [3.05, 3.63) is 24.5 Å². The summed E-state index contributed by atoms with van der Waals surface area (Å²) < 4.78 is 7.42. The average Bonchev–Trinajstić information content (AvgIpc) is 2.74. The molecule has 4 nitrogen and oxygen atoms in total. The number of rotatable bonds is 2. The first-order valence-electron chi connectivity index (χ1n) is 6.09. The highest BCUT2D eigenvalue weighted by Gasteiger charge is 2.15. The maximum absolute atomic E-state index is 5.37. The van der Waals surface area contributed by atoms with Crippen LogP contribution in [0.1, 0.15) is 12.8 Å². The fourth-order valence-electron chi connectivity index (χ4n) is 2.34. The van der Waals surface area contributed by atoms with E-state index < -0.39 is 0 Å². The zero-order valence-corrected chi connectivity index (χ0v) is 10.0. The van der Waals surface area contributed by atoms with Crippen LogP contribution in [0.25, 0.3) is 11.0 Å². The number of benzene rings is 1. The molecule has 2 aromatic rings. The lowest BCUT2D eigenvalue weighted by molar-refractivity contribution is 0.0905. The summed E-state index contributed by atoms with van der Waals surface area (Å²) >= 11 is 0. The average molecular weight is 231 g/mol. The molecule has 90 valence electrons. The largest absolute Gasteiger partial charge is 0.381 e. The van der Waals surface area contributed by atoms with Gasteiger partial charge < -0.3 is 14.6 Å². The van der Waals surface area contributed by atoms with Crippen molar-refractivity contribution in [1.29, 1.82) is 0 Å². The smallest absolute Gasteiger partial charge is 0.112 e. The Morgan fingerprint density at radius 2 is 2.18 bits per heavy atom. The van der Waals surface area contributed by atoms with E-state index in [0.29, 0.717) is 6.04 Å². The summed E-state index contributed by atoms with van der Waals surface area (Å²) in [6.07, 6.45) is 4.01. The summed E-state index contributed by atoms with van der Waals surface area (Å²) in [5, 5.41) is 3.58. The molecule has 17 heavy (non-hydrogen) atoms. The van der Waals surface area contributed by atoms with Gasteiger partial charge in [-0.15, -0.1) is 0 Å². The molecule has 0 unspecified atom stereocenters. The van der Waals surface area contributed by atoms with E-state index in [1.165, 1.54) is 5.52 Å². The monoisotopic (exact) mass is 231 g/mol. The molecule has 4 heteroatoms. The van der Waals surface area contributed by atoms with Crippen molar-refractivity contribution >= 4 is 16.7 Å². The molecule has 3 rings (SSSR count). The number of anilines is 1. The quantitative estimate of drug-likeness (QED) is 0.861. The number of aromatic nitrogens is 2. The molecule has 1 fully saturated rings. The van der Waals surface area contributed by atoms with Crippen LogP contribution in [0.15, 0.2) is 24.5 Å². The summed E-state index contributed by atoms with van der Waals surface area (Å²) in [7, 11) is 2.02. The van der Waals surface area contributed by atoms with Gasteiger partial charge in [0.15, 0.2) is 0 Å². The van der Waals surface area contributed by atoms with Gasteiger partial charge in [-0.3, -0.25) is 0 Å². The Bertz CT molecular complexity index is 514. The lowest BCUT2D eigenvalue weighted by Crippen LogP contribution is -2.27. The number of imidazole rings is 1. The second kappa shape index (κ2) is 4.37. The first kappa shape index (κ1) is 10.6. The van der Waals surface area contributed by atoms with Gasteiger partial charge >= 0.3 is 0 Å². The Labute approximate surface area is 101 Å². The van der Waals surface area contributed by atoms with E-state index in [1.54, 1.807) is 0 Å². The topological polar surface area (TPSA) is 39.1 Å². The van der Waals surface area contributed by atoms with E-state index >= 15 is 0 Å². The fraction of sp³-hybridized carbons (Fsp3) is 0.462. The van der Waals surface area contributed by atoms with E-state index in [2.05, 4.69) is 28.5 Å². The Morgan fingerprint density at radius 1 is 1.35 bits per heavy atom. The predicted molar refractivity (Wildman–Crippen MR) is 68.2 cm³/mol. The molecule has 0 aliphatic carbocycles. The Hall–Kier alpha value is -1.55. The number of fused-ring (bicyclic) bond motifs is 1. The maximum atomic E-state index is 5.37. The third kappa shape index (κ3) is 2.00. The lowest BCUT2D eigenvalue weighted by atomic mass is 10.1. The van der Waals surface area contributed by atoms with Crippen LogP contribution in [-0.2, 0) is 11.8 Å². The van der Waals surface area contributed by atoms with E-state index in [1.807, 2.05) is 17.9 Å². The normalized spacial score (nSPS) is 17.5. The van der Waals surface area contributed by atoms with Crippen LogP contribution in [0.2, 0.25) is 0 Å². The minimum absolute atomic E-state index is 0.511. The molecule has 0 radical (unpaired) electrons. The molecule has 0 spiro atoms. The highest BCUT2D eigenvalue weighted by atomic mass is 16.5. The van der Waals surface area contributed by atoms with Crippen LogP contribution in [0.3, 0.4) is 0 Å². The number of hydrogen-bond acceptors (Lipinski definition) is 3. The highest BCUT2D eigenvalue weighted by molar-refractivity contribution is 5.88. The summed E-state index contributed by atoms with van der Waals surface area (Å²) in [6.45, 7) is 1.71. The number of hydrogen-bond donors (Lipinski definition) is 1. The Morgan fingerprint density at radius 3 is 3.00 bits per heavy atom. The van der Waals surface area contributed by atoms with Crippen molar-refractivity contribution in [2.45, 2.75) is 18.9 Å². The molecule has 1 aromatic heterocycles. The molecule has 1 N–H and O–H groups in total. The lowest BCUT2D eigenvalue weighted by Gasteiger charge is -2.24. The number of ether oxygens (including phenoxy) is 1. The Kier molecular flexibility index (Phi) is 2.73. The highest BCUT2D eigenvalue weighted by Crippen LogP contribution is 2.23. The van der Waals surface area contributed by atoms with E-state index in [9.17, 15) is 0 Å². The third-order valence-corrected chi connectivity index (χ3v) is 3.34. The zero-order chi connectivity index (χ0) is 11.7. The van der Waals surface area contributed by atoms with Crippen molar-refractivity contribution < 1.29 is 4.74 Å². The van der Waals surface area contributed by atoms with Gasteiger partial charge in [0.1, 0.15) is 5.52 Å². The molecule has 1 aromatic carbocycles. The van der Waals surface area contributed by atoms with E-state index in [0.717, 1.165) is 37.3 Å². The zero-order valence-electron chi connectivity index (χ0n) is 10.0. The SMILES string of the molecule is Cn1cnc2c(NC3CCOCC3)cccc21. The molecule has 0 amide bonds. The maximum Gasteiger partial charge on any atom is 0.112 e. The second-order valence-electron chi connectivity index (χ2n) is 4.56. The number of nitrogens with zero attached hydrogens (tertiary/aromatic N) is 2. The van der Waals surface area contributed by atoms with E-state index in [-0.39, 0.29) is 0 Å². The molecule has 0 bridgehead atoms. The van der Waals surface area contributed by atoms with Crippen molar-refractivity contribution in [2.24, 2.45) is 7.05 Å². The van der Waals surface area contributed by atoms with Gasteiger partial charge in [0, 0.05) is 26.3 Å². The van der Waals surface area contributed by atoms with Crippen LogP contribution >= 0.6 is 0 Å². The molecule has 1 aliphatic rings. The summed E-state index contributed by atoms with van der Waals surface area (Å²) in [4.78, 5) is 4.45. The fourth-order valence-corrected chi connectivity index (χ4v) is 2.34. The molecule has 2 heterocycles. The summed E-state index contributed by atoms with van der Waals surface area (Å²) in [5.41, 5.74) is 3.36. The van der Waals surface area contributed by atoms with Crippen molar-refractivity contribution in [2.75, 3.05) is 18.5 Å². The second-order valence-corrected chi connectivity index (χ2v) is 4.56. The van der Waals surface area contributed by atoms with Gasteiger partial charge in [-0.25, -0.2) is 4.98 Å². The first-order valence-corrected chi connectivity index (χ1v) is 6.09. The van der Waals surface area contributed by atoms with Crippen molar-refractivity contribution in [1.82, 2.24) is 9.55 Å². The van der Waals surface area contributed by atoms with Crippen molar-refractivity contribution in [3.8, 4) is 0 Å². The van der Waals surface area contributed by atoms with Gasteiger partial charge in [0.25, 0.3) is 0 Å². The summed E-state index contributed by atoms with van der Waals surface area (Å²) in [6, 6.07) is 6.78. The van der Waals surface area contributed by atoms with Gasteiger partial charge in [-0.2, -0.15) is 0 Å². The van der Waals surface area contributed by atoms with E-state index in [4.69, 9.17) is 4.74 Å².